The van der Waals surface area contributed by atoms with Crippen LogP contribution in [0.4, 0.5) is 34.1 Å². The summed E-state index contributed by atoms with van der Waals surface area (Å²) in [6.07, 6.45) is 0. The molecule has 458 valence electrons. The van der Waals surface area contributed by atoms with Gasteiger partial charge in [-0.15, -0.1) is 0 Å². The van der Waals surface area contributed by atoms with E-state index >= 15 is 0 Å². The second kappa shape index (κ2) is 23.5. The number of rotatable bonds is 12. The van der Waals surface area contributed by atoms with Gasteiger partial charge in [0.1, 0.15) is 0 Å². The molecule has 0 fully saturated rings. The van der Waals surface area contributed by atoms with E-state index in [-0.39, 0.29) is 0 Å². The van der Waals surface area contributed by atoms with Crippen molar-refractivity contribution in [2.45, 2.75) is 0 Å². The molecule has 19 aromatic rings. The highest BCUT2D eigenvalue weighted by Gasteiger charge is 2.25. The zero-order valence-corrected chi connectivity index (χ0v) is 53.6. The summed E-state index contributed by atoms with van der Waals surface area (Å²) in [5.74, 6) is 0. The first kappa shape index (κ1) is 56.5. The van der Waals surface area contributed by atoms with Crippen molar-refractivity contribution in [1.82, 2.24) is 9.13 Å². The van der Waals surface area contributed by atoms with E-state index in [1.165, 1.54) is 76.5 Å². The molecule has 19 rings (SSSR count). The average molecular weight is 1250 g/mol. The lowest BCUT2D eigenvalue weighted by molar-refractivity contribution is 1.19. The molecule has 0 bridgehead atoms. The maximum atomic E-state index is 2.48. The predicted molar refractivity (Wildman–Crippen MR) is 416 cm³/mol. The van der Waals surface area contributed by atoms with Crippen molar-refractivity contribution in [3.05, 3.63) is 376 Å². The molecule has 0 aliphatic carbocycles. The van der Waals surface area contributed by atoms with Gasteiger partial charge in [-0.1, -0.05) is 273 Å². The number of hydrogen-bond donors (Lipinski definition) is 0. The van der Waals surface area contributed by atoms with E-state index < -0.39 is 0 Å². The van der Waals surface area contributed by atoms with Gasteiger partial charge in [-0.25, -0.2) is 0 Å². The third kappa shape index (κ3) is 9.60. The van der Waals surface area contributed by atoms with Crippen LogP contribution in [0.5, 0.6) is 0 Å². The zero-order valence-electron chi connectivity index (χ0n) is 53.6. The summed E-state index contributed by atoms with van der Waals surface area (Å²) in [6, 6.07) is 139. The molecule has 17 aromatic carbocycles. The van der Waals surface area contributed by atoms with Crippen LogP contribution in [0.15, 0.2) is 376 Å². The van der Waals surface area contributed by atoms with Crippen LogP contribution in [0.25, 0.3) is 143 Å². The summed E-state index contributed by atoms with van der Waals surface area (Å²) in [7, 11) is 0. The molecule has 0 aliphatic heterocycles. The molecular formula is C94H62N4. The minimum atomic E-state index is 1.02. The summed E-state index contributed by atoms with van der Waals surface area (Å²) in [5.41, 5.74) is 22.6. The van der Waals surface area contributed by atoms with Gasteiger partial charge in [0.2, 0.25) is 0 Å². The molecule has 0 unspecified atom stereocenters. The van der Waals surface area contributed by atoms with E-state index in [0.717, 1.165) is 100 Å². The molecule has 0 N–H and O–H groups in total. The van der Waals surface area contributed by atoms with Crippen LogP contribution in [0.2, 0.25) is 0 Å². The average Bonchev–Trinajstić information content (AvgIpc) is 1.58. The van der Waals surface area contributed by atoms with E-state index in [0.29, 0.717) is 0 Å². The first-order valence-electron chi connectivity index (χ1n) is 33.7. The number of fused-ring (bicyclic) bond motifs is 10. The zero-order chi connectivity index (χ0) is 64.6. The normalized spacial score (nSPS) is 11.7. The topological polar surface area (TPSA) is 16.3 Å². The molecule has 0 radical (unpaired) electrons. The maximum Gasteiger partial charge on any atom is 0.0542 e. The fourth-order valence-corrected chi connectivity index (χ4v) is 15.4. The molecule has 98 heavy (non-hydrogen) atoms. The largest absolute Gasteiger partial charge is 0.310 e. The summed E-state index contributed by atoms with van der Waals surface area (Å²) in [5, 5.41) is 14.1. The molecule has 4 nitrogen and oxygen atoms in total. The van der Waals surface area contributed by atoms with Crippen LogP contribution < -0.4 is 9.80 Å². The van der Waals surface area contributed by atoms with E-state index in [1.54, 1.807) is 0 Å². The van der Waals surface area contributed by atoms with Crippen molar-refractivity contribution in [3.63, 3.8) is 0 Å². The van der Waals surface area contributed by atoms with Crippen LogP contribution in [-0.4, -0.2) is 9.13 Å². The number of benzene rings is 17. The minimum Gasteiger partial charge on any atom is -0.310 e. The third-order valence-corrected chi connectivity index (χ3v) is 20.0. The SMILES string of the molecule is c1ccc(-c2ccc(-c3ccc4c(c3)c3cc(N(c5cccc(N(c6ccc7c(c6)c6cc(-c8ccc(-c9ccccc9)cc8)ccc6n7-c6cccc7ccccc67)c6cccc7ccccc67)c5)c5cccc6ccccc56)ccc3n4-c3cccc4ccccc34)cc2)cc1. The molecule has 0 aliphatic rings. The van der Waals surface area contributed by atoms with Gasteiger partial charge in [-0.05, 0) is 169 Å². The number of aromatic nitrogens is 2. The van der Waals surface area contributed by atoms with Gasteiger partial charge in [-0.3, -0.25) is 0 Å². The Labute approximate surface area is 568 Å². The van der Waals surface area contributed by atoms with Crippen LogP contribution in [0.3, 0.4) is 0 Å². The van der Waals surface area contributed by atoms with Gasteiger partial charge in [-0.2, -0.15) is 0 Å². The van der Waals surface area contributed by atoms with Gasteiger partial charge in [0.25, 0.3) is 0 Å². The molecule has 4 heteroatoms. The Kier molecular flexibility index (Phi) is 13.5. The lowest BCUT2D eigenvalue weighted by Gasteiger charge is -2.30. The van der Waals surface area contributed by atoms with Crippen molar-refractivity contribution in [2.75, 3.05) is 9.80 Å². The van der Waals surface area contributed by atoms with Crippen LogP contribution in [0, 0.1) is 0 Å². The third-order valence-electron chi connectivity index (χ3n) is 20.0. The Morgan fingerprint density at radius 2 is 0.439 bits per heavy atom. The second-order valence-corrected chi connectivity index (χ2v) is 25.6. The lowest BCUT2D eigenvalue weighted by atomic mass is 9.99. The Morgan fingerprint density at radius 3 is 0.847 bits per heavy atom. The Morgan fingerprint density at radius 1 is 0.163 bits per heavy atom. The van der Waals surface area contributed by atoms with Gasteiger partial charge >= 0.3 is 0 Å². The molecule has 0 saturated carbocycles. The molecule has 2 heterocycles. The van der Waals surface area contributed by atoms with Crippen molar-refractivity contribution in [1.29, 1.82) is 0 Å². The van der Waals surface area contributed by atoms with Crippen molar-refractivity contribution >= 4 is 121 Å². The molecule has 0 atom stereocenters. The molecule has 2 aromatic heterocycles. The van der Waals surface area contributed by atoms with E-state index in [2.05, 4.69) is 395 Å². The lowest BCUT2D eigenvalue weighted by Crippen LogP contribution is -2.14. The first-order chi connectivity index (χ1) is 48.6. The Hall–Kier alpha value is -13.0. The highest BCUT2D eigenvalue weighted by Crippen LogP contribution is 2.48. The van der Waals surface area contributed by atoms with E-state index in [1.807, 2.05) is 0 Å². The monoisotopic (exact) mass is 1250 g/mol. The van der Waals surface area contributed by atoms with E-state index in [9.17, 15) is 0 Å². The molecule has 0 amide bonds. The standard InChI is InChI=1S/C94H62N4/c1-3-20-63(21-4-1)65-42-46-67(47-43-65)73-50-54-91-83(58-73)85-61-77(52-56-93(85)97(91)89-40-17-30-71-26-9-13-36-81(71)89)95(87-38-15-28-69-24-7-11-34-79(69)87)75-32-19-33-76(60-75)96(88-39-16-29-70-25-8-12-35-80(70)88)78-53-57-94-86(62-78)84-59-74(68-48-44-66(45-49-68)64-22-5-2-6-23-64)51-55-92(84)98(94)90-41-18-31-72-27-10-14-37-82(72)90/h1-62H. The van der Waals surface area contributed by atoms with Gasteiger partial charge in [0.15, 0.2) is 0 Å². The predicted octanol–water partition coefficient (Wildman–Crippen LogP) is 26.1. The van der Waals surface area contributed by atoms with E-state index in [4.69, 9.17) is 0 Å². The molecular weight excluding hydrogens is 1190 g/mol. The Bertz CT molecular complexity index is 5900. The first-order valence-corrected chi connectivity index (χ1v) is 33.7. The molecule has 0 saturated heterocycles. The number of hydrogen-bond acceptors (Lipinski definition) is 2. The van der Waals surface area contributed by atoms with Crippen LogP contribution in [-0.2, 0) is 0 Å². The van der Waals surface area contributed by atoms with Crippen molar-refractivity contribution in [3.8, 4) is 55.9 Å². The number of nitrogens with zero attached hydrogens (tertiary/aromatic N) is 4. The summed E-state index contributed by atoms with van der Waals surface area (Å²) < 4.78 is 4.95. The van der Waals surface area contributed by atoms with Crippen LogP contribution >= 0.6 is 0 Å². The Balaban J connectivity index is 0.817. The fraction of sp³-hybridized carbons (Fsp3) is 0. The second-order valence-electron chi connectivity index (χ2n) is 25.6. The smallest absolute Gasteiger partial charge is 0.0542 e. The quantitative estimate of drug-likeness (QED) is 0.121. The molecule has 0 spiro atoms. The highest BCUT2D eigenvalue weighted by atomic mass is 15.2. The summed E-state index contributed by atoms with van der Waals surface area (Å²) in [4.78, 5) is 4.96. The minimum absolute atomic E-state index is 1.02. The number of anilines is 6. The van der Waals surface area contributed by atoms with Crippen LogP contribution in [0.1, 0.15) is 0 Å². The maximum absolute atomic E-state index is 2.48. The summed E-state index contributed by atoms with van der Waals surface area (Å²) in [6.45, 7) is 0. The van der Waals surface area contributed by atoms with Crippen molar-refractivity contribution in [2.24, 2.45) is 0 Å². The van der Waals surface area contributed by atoms with Gasteiger partial charge < -0.3 is 18.9 Å². The highest BCUT2D eigenvalue weighted by molar-refractivity contribution is 6.16. The van der Waals surface area contributed by atoms with Gasteiger partial charge in [0.05, 0.1) is 44.8 Å². The van der Waals surface area contributed by atoms with Crippen molar-refractivity contribution < 1.29 is 0 Å². The van der Waals surface area contributed by atoms with Gasteiger partial charge in [0, 0.05) is 65.8 Å². The summed E-state index contributed by atoms with van der Waals surface area (Å²) >= 11 is 0. The fourth-order valence-electron chi connectivity index (χ4n) is 15.4.